The monoisotopic (exact) mass is 293 g/mol. The number of nitrogens with one attached hydrogen (secondary N) is 2. The fourth-order valence-corrected chi connectivity index (χ4v) is 2.49. The Labute approximate surface area is 130 Å². The van der Waals surface area contributed by atoms with Gasteiger partial charge in [-0.15, -0.1) is 0 Å². The van der Waals surface area contributed by atoms with Gasteiger partial charge in [0.2, 0.25) is 5.91 Å². The smallest absolute Gasteiger partial charge is 0.228 e. The van der Waals surface area contributed by atoms with Crippen molar-refractivity contribution in [2.75, 3.05) is 18.4 Å². The van der Waals surface area contributed by atoms with Crippen molar-refractivity contribution in [3.63, 3.8) is 0 Å². The second kappa shape index (κ2) is 6.89. The number of carbonyl (C=O) groups is 1. The van der Waals surface area contributed by atoms with E-state index in [1.807, 2.05) is 54.6 Å². The molecule has 1 aliphatic heterocycles. The lowest BCUT2D eigenvalue weighted by Crippen LogP contribution is -2.31. The van der Waals surface area contributed by atoms with E-state index < -0.39 is 0 Å². The largest absolute Gasteiger partial charge is 0.370 e. The summed E-state index contributed by atoms with van der Waals surface area (Å²) in [5, 5.41) is 6.29. The van der Waals surface area contributed by atoms with E-state index in [9.17, 15) is 4.79 Å². The third-order valence-corrected chi connectivity index (χ3v) is 3.56. The number of hydrogen-bond acceptors (Lipinski definition) is 3. The van der Waals surface area contributed by atoms with Gasteiger partial charge in [-0.3, -0.25) is 9.79 Å². The van der Waals surface area contributed by atoms with Crippen molar-refractivity contribution in [2.45, 2.75) is 12.8 Å². The summed E-state index contributed by atoms with van der Waals surface area (Å²) in [6, 6.07) is 17.5. The van der Waals surface area contributed by atoms with Gasteiger partial charge in [0.25, 0.3) is 0 Å². The zero-order chi connectivity index (χ0) is 15.2. The zero-order valence-electron chi connectivity index (χ0n) is 12.4. The molecule has 112 valence electrons. The predicted octanol–water partition coefficient (Wildman–Crippen LogP) is 2.61. The van der Waals surface area contributed by atoms with E-state index in [-0.39, 0.29) is 5.91 Å². The first kappa shape index (κ1) is 14.3. The minimum absolute atomic E-state index is 0.0185. The van der Waals surface area contributed by atoms with Gasteiger partial charge in [-0.25, -0.2) is 0 Å². The van der Waals surface area contributed by atoms with E-state index >= 15 is 0 Å². The summed E-state index contributed by atoms with van der Waals surface area (Å²) in [4.78, 5) is 16.8. The second-order valence-corrected chi connectivity index (χ2v) is 5.27. The van der Waals surface area contributed by atoms with Gasteiger partial charge in [0.05, 0.1) is 12.1 Å². The fraction of sp³-hybridized carbons (Fsp3) is 0.222. The number of nitrogens with zero attached hydrogens (tertiary/aromatic N) is 1. The first-order valence-corrected chi connectivity index (χ1v) is 7.54. The van der Waals surface area contributed by atoms with Crippen molar-refractivity contribution < 1.29 is 4.79 Å². The minimum atomic E-state index is -0.0185. The van der Waals surface area contributed by atoms with Gasteiger partial charge in [0.15, 0.2) is 0 Å². The predicted molar refractivity (Wildman–Crippen MR) is 89.2 cm³/mol. The highest BCUT2D eigenvalue weighted by Crippen LogP contribution is 2.17. The molecule has 0 atom stereocenters. The highest BCUT2D eigenvalue weighted by molar-refractivity contribution is 6.06. The van der Waals surface area contributed by atoms with Crippen LogP contribution >= 0.6 is 0 Å². The summed E-state index contributed by atoms with van der Waals surface area (Å²) in [6.07, 6.45) is 1.42. The minimum Gasteiger partial charge on any atom is -0.370 e. The van der Waals surface area contributed by atoms with Crippen LogP contribution in [-0.2, 0) is 11.2 Å². The first-order chi connectivity index (χ1) is 10.8. The van der Waals surface area contributed by atoms with Gasteiger partial charge in [-0.2, -0.15) is 0 Å². The number of rotatable bonds is 4. The molecule has 1 aliphatic rings. The molecule has 0 saturated heterocycles. The van der Waals surface area contributed by atoms with E-state index in [1.54, 1.807) is 0 Å². The summed E-state index contributed by atoms with van der Waals surface area (Å²) >= 11 is 0. The van der Waals surface area contributed by atoms with Crippen LogP contribution in [0.2, 0.25) is 0 Å². The number of carbonyl (C=O) groups excluding carboxylic acids is 1. The molecule has 4 nitrogen and oxygen atoms in total. The van der Waals surface area contributed by atoms with Gasteiger partial charge in [0, 0.05) is 18.7 Å². The SMILES string of the molecule is O=C(Cc1ccccc1)Nc1ccccc1C1=NCCCN1. The normalized spacial score (nSPS) is 13.9. The summed E-state index contributed by atoms with van der Waals surface area (Å²) in [5.74, 6) is 0.844. The molecule has 0 radical (unpaired) electrons. The second-order valence-electron chi connectivity index (χ2n) is 5.27. The Balaban J connectivity index is 1.75. The maximum Gasteiger partial charge on any atom is 0.228 e. The maximum absolute atomic E-state index is 12.2. The third-order valence-electron chi connectivity index (χ3n) is 3.56. The molecule has 0 bridgehead atoms. The van der Waals surface area contributed by atoms with E-state index in [1.165, 1.54) is 0 Å². The lowest BCUT2D eigenvalue weighted by atomic mass is 10.1. The summed E-state index contributed by atoms with van der Waals surface area (Å²) in [5.41, 5.74) is 2.76. The summed E-state index contributed by atoms with van der Waals surface area (Å²) in [6.45, 7) is 1.75. The van der Waals surface area contributed by atoms with Crippen LogP contribution in [0.15, 0.2) is 59.6 Å². The van der Waals surface area contributed by atoms with Crippen molar-refractivity contribution in [3.8, 4) is 0 Å². The van der Waals surface area contributed by atoms with Gasteiger partial charge >= 0.3 is 0 Å². The highest BCUT2D eigenvalue weighted by atomic mass is 16.1. The van der Waals surface area contributed by atoms with Crippen LogP contribution in [0.5, 0.6) is 0 Å². The molecule has 0 unspecified atom stereocenters. The fourth-order valence-electron chi connectivity index (χ4n) is 2.49. The lowest BCUT2D eigenvalue weighted by molar-refractivity contribution is -0.115. The standard InChI is InChI=1S/C18H19N3O/c22-17(13-14-7-2-1-3-8-14)21-16-10-5-4-9-15(16)18-19-11-6-12-20-18/h1-5,7-10H,6,11-13H2,(H,19,20)(H,21,22). The average molecular weight is 293 g/mol. The molecule has 1 amide bonds. The zero-order valence-corrected chi connectivity index (χ0v) is 12.4. The lowest BCUT2D eigenvalue weighted by Gasteiger charge is -2.17. The van der Waals surface area contributed by atoms with Crippen molar-refractivity contribution in [1.82, 2.24) is 5.32 Å². The molecule has 0 saturated carbocycles. The quantitative estimate of drug-likeness (QED) is 0.910. The Morgan fingerprint density at radius 3 is 2.64 bits per heavy atom. The number of amides is 1. The van der Waals surface area contributed by atoms with Crippen molar-refractivity contribution >= 4 is 17.4 Å². The third kappa shape index (κ3) is 3.52. The number of benzene rings is 2. The molecule has 1 heterocycles. The Morgan fingerprint density at radius 1 is 1.09 bits per heavy atom. The van der Waals surface area contributed by atoms with Gasteiger partial charge in [-0.05, 0) is 24.1 Å². The van der Waals surface area contributed by atoms with Crippen LogP contribution in [-0.4, -0.2) is 24.8 Å². The average Bonchev–Trinajstić information content (AvgIpc) is 2.57. The molecule has 2 aromatic carbocycles. The number of aliphatic imine (C=N–C) groups is 1. The summed E-state index contributed by atoms with van der Waals surface area (Å²) < 4.78 is 0. The Hall–Kier alpha value is -2.62. The molecule has 0 aromatic heterocycles. The van der Waals surface area contributed by atoms with Gasteiger partial charge in [-0.1, -0.05) is 42.5 Å². The number of hydrogen-bond donors (Lipinski definition) is 2. The molecule has 4 heteroatoms. The summed E-state index contributed by atoms with van der Waals surface area (Å²) in [7, 11) is 0. The molecule has 2 N–H and O–H groups in total. The van der Waals surface area contributed by atoms with Crippen molar-refractivity contribution in [2.24, 2.45) is 4.99 Å². The van der Waals surface area contributed by atoms with Crippen LogP contribution in [0.3, 0.4) is 0 Å². The molecular formula is C18H19N3O. The number of amidine groups is 1. The van der Waals surface area contributed by atoms with Crippen molar-refractivity contribution in [3.05, 3.63) is 65.7 Å². The van der Waals surface area contributed by atoms with Crippen LogP contribution < -0.4 is 10.6 Å². The molecule has 0 aliphatic carbocycles. The number of para-hydroxylation sites is 1. The van der Waals surface area contributed by atoms with E-state index in [2.05, 4.69) is 15.6 Å². The molecule has 2 aromatic rings. The van der Waals surface area contributed by atoms with Crippen LogP contribution in [0.25, 0.3) is 0 Å². The Kier molecular flexibility index (Phi) is 4.49. The Morgan fingerprint density at radius 2 is 1.86 bits per heavy atom. The molecular weight excluding hydrogens is 274 g/mol. The molecule has 3 rings (SSSR count). The molecule has 0 spiro atoms. The first-order valence-electron chi connectivity index (χ1n) is 7.54. The van der Waals surface area contributed by atoms with Gasteiger partial charge < -0.3 is 10.6 Å². The van der Waals surface area contributed by atoms with Crippen LogP contribution in [0.1, 0.15) is 17.5 Å². The van der Waals surface area contributed by atoms with E-state index in [4.69, 9.17) is 0 Å². The van der Waals surface area contributed by atoms with E-state index in [0.29, 0.717) is 6.42 Å². The molecule has 0 fully saturated rings. The topological polar surface area (TPSA) is 53.5 Å². The maximum atomic E-state index is 12.2. The highest BCUT2D eigenvalue weighted by Gasteiger charge is 2.13. The number of anilines is 1. The van der Waals surface area contributed by atoms with Crippen molar-refractivity contribution in [1.29, 1.82) is 0 Å². The Bertz CT molecular complexity index is 680. The van der Waals surface area contributed by atoms with Crippen LogP contribution in [0.4, 0.5) is 5.69 Å². The molecule has 22 heavy (non-hydrogen) atoms. The van der Waals surface area contributed by atoms with Gasteiger partial charge in [0.1, 0.15) is 5.84 Å². The van der Waals surface area contributed by atoms with Crippen LogP contribution in [0, 0.1) is 0 Å². The van der Waals surface area contributed by atoms with E-state index in [0.717, 1.165) is 42.2 Å².